The van der Waals surface area contributed by atoms with Gasteiger partial charge in [-0.1, -0.05) is 109 Å². The van der Waals surface area contributed by atoms with Gasteiger partial charge in [-0.25, -0.2) is 9.13 Å². The zero-order valence-corrected chi connectivity index (χ0v) is 28.5. The van der Waals surface area contributed by atoms with Gasteiger partial charge in [0.25, 0.3) is 0 Å². The van der Waals surface area contributed by atoms with Gasteiger partial charge in [0, 0.05) is 0 Å². The van der Waals surface area contributed by atoms with Gasteiger partial charge in [0.2, 0.25) is 0 Å². The summed E-state index contributed by atoms with van der Waals surface area (Å²) in [6, 6.07) is 58.3. The van der Waals surface area contributed by atoms with Gasteiger partial charge in [0.1, 0.15) is 0 Å². The van der Waals surface area contributed by atoms with E-state index in [1.165, 1.54) is 0 Å². The Balaban J connectivity index is 1.12. The predicted octanol–water partition coefficient (Wildman–Crippen LogP) is 11.1. The largest absolute Gasteiger partial charge is 0.423 e. The third kappa shape index (κ3) is 4.96. The van der Waals surface area contributed by atoms with Crippen LogP contribution >= 0.6 is 15.0 Å². The summed E-state index contributed by atoms with van der Waals surface area (Å²) in [7, 11) is -7.41. The lowest BCUT2D eigenvalue weighted by Crippen LogP contribution is -2.24. The molecule has 8 heteroatoms. The lowest BCUT2D eigenvalue weighted by molar-refractivity contribution is 0.503. The van der Waals surface area contributed by atoms with Crippen molar-refractivity contribution in [2.24, 2.45) is 0 Å². The standard InChI is InChI=1S/C42H30N2O4P2/c45-49(43(39-21-7-9-23-41(39)47-49)35-19-11-17-33(29-35)31-13-3-1-4-14-31)37-25-27-38(28-26-37)50(46)44(40-22-8-10-24-42(40)48-50)36-20-12-18-34(30-36)32-15-5-2-6-16-32/h1-30H. The summed E-state index contributed by atoms with van der Waals surface area (Å²) in [6.45, 7) is 0. The van der Waals surface area contributed by atoms with Crippen LogP contribution in [-0.2, 0) is 9.13 Å². The average Bonchev–Trinajstić information content (AvgIpc) is 3.67. The minimum Gasteiger partial charge on any atom is -0.423 e. The highest BCUT2D eigenvalue weighted by Crippen LogP contribution is 2.66. The maximum absolute atomic E-state index is 15.2. The molecule has 7 aromatic rings. The van der Waals surface area contributed by atoms with Crippen molar-refractivity contribution in [1.82, 2.24) is 0 Å². The molecular weight excluding hydrogens is 658 g/mol. The maximum Gasteiger partial charge on any atom is 0.378 e. The van der Waals surface area contributed by atoms with Crippen molar-refractivity contribution >= 4 is 48.4 Å². The Kier molecular flexibility index (Phi) is 7.24. The molecule has 0 amide bonds. The van der Waals surface area contributed by atoms with E-state index in [0.29, 0.717) is 22.1 Å². The molecule has 2 aliphatic rings. The lowest BCUT2D eigenvalue weighted by atomic mass is 10.1. The summed E-state index contributed by atoms with van der Waals surface area (Å²) in [5, 5.41) is 0.951. The second-order valence-electron chi connectivity index (χ2n) is 12.1. The fourth-order valence-electron chi connectivity index (χ4n) is 6.69. The van der Waals surface area contributed by atoms with E-state index in [1.54, 1.807) is 33.6 Å². The Labute approximate surface area is 290 Å². The van der Waals surface area contributed by atoms with Crippen molar-refractivity contribution in [3.63, 3.8) is 0 Å². The number of rotatable bonds is 6. The lowest BCUT2D eigenvalue weighted by Gasteiger charge is -2.27. The first-order valence-corrected chi connectivity index (χ1v) is 19.5. The Morgan fingerprint density at radius 3 is 1.14 bits per heavy atom. The van der Waals surface area contributed by atoms with Crippen LogP contribution in [0.5, 0.6) is 11.5 Å². The first-order chi connectivity index (χ1) is 24.5. The van der Waals surface area contributed by atoms with Gasteiger partial charge in [0.15, 0.2) is 11.5 Å². The number of anilines is 4. The minimum absolute atomic E-state index is 0.475. The molecule has 0 N–H and O–H groups in total. The van der Waals surface area contributed by atoms with Crippen LogP contribution in [0.3, 0.4) is 0 Å². The Morgan fingerprint density at radius 2 is 0.720 bits per heavy atom. The Bertz CT molecular complexity index is 2300. The summed E-state index contributed by atoms with van der Waals surface area (Å²) >= 11 is 0. The summed E-state index contributed by atoms with van der Waals surface area (Å²) in [6.07, 6.45) is 0. The van der Waals surface area contributed by atoms with Crippen molar-refractivity contribution in [3.8, 4) is 33.8 Å². The van der Waals surface area contributed by atoms with E-state index in [-0.39, 0.29) is 0 Å². The second kappa shape index (κ2) is 12.0. The van der Waals surface area contributed by atoms with Crippen molar-refractivity contribution in [2.45, 2.75) is 0 Å². The normalized spacial score (nSPS) is 19.0. The van der Waals surface area contributed by atoms with E-state index in [1.807, 2.05) is 133 Å². The van der Waals surface area contributed by atoms with Gasteiger partial charge in [-0.15, -0.1) is 0 Å². The van der Waals surface area contributed by atoms with Crippen molar-refractivity contribution < 1.29 is 18.2 Å². The molecular formula is C42H30N2O4P2. The zero-order valence-electron chi connectivity index (χ0n) is 26.7. The molecule has 0 saturated carbocycles. The third-order valence-electron chi connectivity index (χ3n) is 9.06. The van der Waals surface area contributed by atoms with Crippen molar-refractivity contribution in [2.75, 3.05) is 9.34 Å². The second-order valence-corrected chi connectivity index (χ2v) is 16.4. The van der Waals surface area contributed by atoms with E-state index in [4.69, 9.17) is 9.05 Å². The molecule has 9 rings (SSSR count). The number of benzene rings is 7. The first kappa shape index (κ1) is 30.3. The van der Waals surface area contributed by atoms with E-state index in [0.717, 1.165) is 45.0 Å². The molecule has 0 spiro atoms. The van der Waals surface area contributed by atoms with Crippen LogP contribution in [-0.4, -0.2) is 0 Å². The summed E-state index contributed by atoms with van der Waals surface area (Å²) in [4.78, 5) is 0. The van der Waals surface area contributed by atoms with Crippen LogP contribution in [0.25, 0.3) is 22.3 Å². The van der Waals surface area contributed by atoms with Crippen molar-refractivity contribution in [1.29, 1.82) is 0 Å². The maximum atomic E-state index is 15.2. The van der Waals surface area contributed by atoms with Gasteiger partial charge in [-0.2, -0.15) is 0 Å². The average molecular weight is 689 g/mol. The fourth-order valence-corrected chi connectivity index (χ4v) is 11.2. The number of para-hydroxylation sites is 4. The van der Waals surface area contributed by atoms with Crippen LogP contribution < -0.4 is 29.0 Å². The molecule has 0 saturated heterocycles. The van der Waals surface area contributed by atoms with Gasteiger partial charge in [-0.05, 0) is 95.1 Å². The zero-order chi connectivity index (χ0) is 33.7. The predicted molar refractivity (Wildman–Crippen MR) is 203 cm³/mol. The smallest absolute Gasteiger partial charge is 0.378 e. The molecule has 50 heavy (non-hydrogen) atoms. The molecule has 2 atom stereocenters. The summed E-state index contributed by atoms with van der Waals surface area (Å²) in [5.74, 6) is 1.08. The van der Waals surface area contributed by atoms with Crippen molar-refractivity contribution in [3.05, 3.63) is 182 Å². The first-order valence-electron chi connectivity index (χ1n) is 16.3. The Hall–Kier alpha value is -5.80. The summed E-state index contributed by atoms with van der Waals surface area (Å²) < 4.78 is 46.7. The number of fused-ring (bicyclic) bond motifs is 2. The van der Waals surface area contributed by atoms with Crippen LogP contribution in [0.15, 0.2) is 182 Å². The van der Waals surface area contributed by atoms with Crippen LogP contribution in [0, 0.1) is 0 Å². The molecule has 0 aromatic heterocycles. The SMILES string of the molecule is O=P1(c2ccc(P3(=O)Oc4ccccc4N3c3cccc(-c4ccccc4)c3)cc2)Oc2ccccc2N1c1cccc(-c2ccccc2)c1. The van der Waals surface area contributed by atoms with E-state index < -0.39 is 15.0 Å². The van der Waals surface area contributed by atoms with Gasteiger partial charge in [0.05, 0.1) is 33.4 Å². The molecule has 2 unspecified atom stereocenters. The number of hydrogen-bond donors (Lipinski definition) is 0. The molecule has 7 aromatic carbocycles. The van der Waals surface area contributed by atoms with Gasteiger partial charge < -0.3 is 9.05 Å². The molecule has 2 heterocycles. The number of hydrogen-bond acceptors (Lipinski definition) is 4. The minimum atomic E-state index is -3.70. The molecule has 0 radical (unpaired) electrons. The van der Waals surface area contributed by atoms with Gasteiger partial charge in [-0.3, -0.25) is 9.34 Å². The molecule has 6 nitrogen and oxygen atoms in total. The van der Waals surface area contributed by atoms with Crippen LogP contribution in [0.4, 0.5) is 22.7 Å². The molecule has 0 fully saturated rings. The quantitative estimate of drug-likeness (QED) is 0.162. The van der Waals surface area contributed by atoms with E-state index in [2.05, 4.69) is 24.3 Å². The van der Waals surface area contributed by atoms with E-state index >= 15 is 9.13 Å². The monoisotopic (exact) mass is 688 g/mol. The molecule has 2 aliphatic heterocycles. The molecule has 0 aliphatic carbocycles. The topological polar surface area (TPSA) is 59.1 Å². The molecule has 242 valence electrons. The van der Waals surface area contributed by atoms with E-state index in [9.17, 15) is 0 Å². The van der Waals surface area contributed by atoms with Gasteiger partial charge >= 0.3 is 15.0 Å². The molecule has 0 bridgehead atoms. The highest BCUT2D eigenvalue weighted by molar-refractivity contribution is 7.70. The third-order valence-corrected chi connectivity index (χ3v) is 13.8. The summed E-state index contributed by atoms with van der Waals surface area (Å²) in [5.41, 5.74) is 7.05. The highest BCUT2D eigenvalue weighted by Gasteiger charge is 2.47. The Morgan fingerprint density at radius 1 is 0.360 bits per heavy atom. The number of nitrogens with zero attached hydrogens (tertiary/aromatic N) is 2. The van der Waals surface area contributed by atoms with Crippen LogP contribution in [0.1, 0.15) is 0 Å². The highest BCUT2D eigenvalue weighted by atomic mass is 31.2. The fraction of sp³-hybridized carbons (Fsp3) is 0. The van der Waals surface area contributed by atoms with Crippen LogP contribution in [0.2, 0.25) is 0 Å².